The molecule has 1 amide bonds. The first-order valence-electron chi connectivity index (χ1n) is 11.6. The zero-order valence-electron chi connectivity index (χ0n) is 20.0. The highest BCUT2D eigenvalue weighted by molar-refractivity contribution is 5.97. The number of aliphatic hydroxyl groups excluding tert-OH is 1. The number of hydrogen-bond acceptors (Lipinski definition) is 7. The number of nitrogens with zero attached hydrogens (tertiary/aromatic N) is 3. The number of piperazine rings is 1. The molecule has 2 heterocycles. The maximum absolute atomic E-state index is 12.9. The Kier molecular flexibility index (Phi) is 8.90. The molecule has 2 unspecified atom stereocenters. The Bertz CT molecular complexity index is 731. The number of ether oxygens (including phenoxy) is 3. The van der Waals surface area contributed by atoms with E-state index in [4.69, 9.17) is 14.2 Å². The minimum Gasteiger partial charge on any atom is -0.496 e. The Labute approximate surface area is 192 Å². The van der Waals surface area contributed by atoms with Crippen LogP contribution in [0, 0.1) is 0 Å². The van der Waals surface area contributed by atoms with Gasteiger partial charge in [0.1, 0.15) is 5.75 Å². The Balaban J connectivity index is 1.42. The third-order valence-corrected chi connectivity index (χ3v) is 5.86. The van der Waals surface area contributed by atoms with E-state index in [1.165, 1.54) is 0 Å². The number of benzene rings is 1. The van der Waals surface area contributed by atoms with Crippen molar-refractivity contribution in [2.75, 3.05) is 72.7 Å². The first-order chi connectivity index (χ1) is 15.2. The van der Waals surface area contributed by atoms with E-state index in [2.05, 4.69) is 9.80 Å². The number of aliphatic hydroxyl groups is 1. The van der Waals surface area contributed by atoms with E-state index >= 15 is 0 Å². The van der Waals surface area contributed by atoms with Crippen molar-refractivity contribution in [1.29, 1.82) is 0 Å². The van der Waals surface area contributed by atoms with Gasteiger partial charge in [-0.2, -0.15) is 0 Å². The molecule has 8 heteroatoms. The van der Waals surface area contributed by atoms with Crippen LogP contribution in [0.4, 0.5) is 0 Å². The van der Waals surface area contributed by atoms with E-state index in [0.29, 0.717) is 44.2 Å². The fourth-order valence-electron chi connectivity index (χ4n) is 4.17. The lowest BCUT2D eigenvalue weighted by atomic mass is 10.1. The standard InChI is InChI=1S/C24H39N3O5/c1-24(2,3)32-18-19(28)15-26-13-14-31-20(17-26)16-25-9-11-27(12-10-25)23(29)21-7-5-6-8-22(21)30-4/h5-8,19-20,28H,9-18H2,1-4H3. The molecule has 1 N–H and O–H groups in total. The summed E-state index contributed by atoms with van der Waals surface area (Å²) in [6, 6.07) is 7.38. The topological polar surface area (TPSA) is 74.7 Å². The molecule has 2 aliphatic rings. The number of rotatable bonds is 8. The van der Waals surface area contributed by atoms with Crippen molar-refractivity contribution in [3.8, 4) is 5.75 Å². The molecule has 1 aromatic rings. The molecule has 0 aliphatic carbocycles. The zero-order valence-corrected chi connectivity index (χ0v) is 20.0. The van der Waals surface area contributed by atoms with Crippen molar-refractivity contribution < 1.29 is 24.1 Å². The van der Waals surface area contributed by atoms with Gasteiger partial charge in [0.2, 0.25) is 0 Å². The molecule has 2 saturated heterocycles. The van der Waals surface area contributed by atoms with Crippen molar-refractivity contribution in [3.05, 3.63) is 29.8 Å². The molecule has 0 saturated carbocycles. The van der Waals surface area contributed by atoms with E-state index in [1.807, 2.05) is 49.9 Å². The Hall–Kier alpha value is -1.71. The van der Waals surface area contributed by atoms with Crippen LogP contribution in [0.25, 0.3) is 0 Å². The molecular weight excluding hydrogens is 410 g/mol. The van der Waals surface area contributed by atoms with Crippen LogP contribution in [0.2, 0.25) is 0 Å². The molecular formula is C24H39N3O5. The molecule has 0 spiro atoms. The first kappa shape index (κ1) is 24.9. The Morgan fingerprint density at radius 2 is 1.88 bits per heavy atom. The summed E-state index contributed by atoms with van der Waals surface area (Å²) in [6.45, 7) is 13.1. The summed E-state index contributed by atoms with van der Waals surface area (Å²) in [7, 11) is 1.59. The molecule has 8 nitrogen and oxygen atoms in total. The van der Waals surface area contributed by atoms with E-state index in [1.54, 1.807) is 7.11 Å². The third kappa shape index (κ3) is 7.42. The number of carbonyl (C=O) groups excluding carboxylic acids is 1. The van der Waals surface area contributed by atoms with Gasteiger partial charge in [-0.15, -0.1) is 0 Å². The SMILES string of the molecule is COc1ccccc1C(=O)N1CCN(CC2CN(CC(O)COC(C)(C)C)CCO2)CC1. The summed E-state index contributed by atoms with van der Waals surface area (Å²) in [4.78, 5) is 19.4. The number of hydrogen-bond donors (Lipinski definition) is 1. The van der Waals surface area contributed by atoms with Gasteiger partial charge >= 0.3 is 0 Å². The maximum atomic E-state index is 12.9. The normalized spacial score (nSPS) is 22.0. The quantitative estimate of drug-likeness (QED) is 0.642. The van der Waals surface area contributed by atoms with Crippen LogP contribution in [0.15, 0.2) is 24.3 Å². The van der Waals surface area contributed by atoms with E-state index in [-0.39, 0.29) is 17.6 Å². The fraction of sp³-hybridized carbons (Fsp3) is 0.708. The highest BCUT2D eigenvalue weighted by Crippen LogP contribution is 2.20. The van der Waals surface area contributed by atoms with Crippen LogP contribution in [-0.2, 0) is 9.47 Å². The van der Waals surface area contributed by atoms with Crippen molar-refractivity contribution in [2.24, 2.45) is 0 Å². The second-order valence-corrected chi connectivity index (χ2v) is 9.62. The largest absolute Gasteiger partial charge is 0.496 e. The van der Waals surface area contributed by atoms with Gasteiger partial charge in [-0.25, -0.2) is 0 Å². The van der Waals surface area contributed by atoms with Gasteiger partial charge < -0.3 is 24.2 Å². The van der Waals surface area contributed by atoms with Gasteiger partial charge in [-0.05, 0) is 32.9 Å². The molecule has 0 bridgehead atoms. The highest BCUT2D eigenvalue weighted by atomic mass is 16.5. The fourth-order valence-corrected chi connectivity index (χ4v) is 4.17. The average Bonchev–Trinajstić information content (AvgIpc) is 2.77. The second-order valence-electron chi connectivity index (χ2n) is 9.62. The van der Waals surface area contributed by atoms with Gasteiger partial charge in [0, 0.05) is 52.4 Å². The summed E-state index contributed by atoms with van der Waals surface area (Å²) >= 11 is 0. The molecule has 1 aromatic carbocycles. The average molecular weight is 450 g/mol. The van der Waals surface area contributed by atoms with Crippen molar-refractivity contribution in [3.63, 3.8) is 0 Å². The Morgan fingerprint density at radius 3 is 2.56 bits per heavy atom. The number of carbonyl (C=O) groups is 1. The molecule has 2 atom stereocenters. The summed E-state index contributed by atoms with van der Waals surface area (Å²) < 4.78 is 17.0. The van der Waals surface area contributed by atoms with Gasteiger partial charge in [0.05, 0.1) is 43.7 Å². The monoisotopic (exact) mass is 449 g/mol. The van der Waals surface area contributed by atoms with E-state index in [9.17, 15) is 9.90 Å². The van der Waals surface area contributed by atoms with Gasteiger partial charge in [-0.1, -0.05) is 12.1 Å². The summed E-state index contributed by atoms with van der Waals surface area (Å²) in [5.41, 5.74) is 0.368. The minimum atomic E-state index is -0.502. The van der Waals surface area contributed by atoms with Crippen LogP contribution in [0.5, 0.6) is 5.75 Å². The van der Waals surface area contributed by atoms with Crippen molar-refractivity contribution in [1.82, 2.24) is 14.7 Å². The number of morpholine rings is 1. The highest BCUT2D eigenvalue weighted by Gasteiger charge is 2.28. The van der Waals surface area contributed by atoms with Crippen LogP contribution >= 0.6 is 0 Å². The molecule has 2 aliphatic heterocycles. The van der Waals surface area contributed by atoms with E-state index in [0.717, 1.165) is 32.7 Å². The number of para-hydroxylation sites is 1. The van der Waals surface area contributed by atoms with Crippen LogP contribution in [0.1, 0.15) is 31.1 Å². The van der Waals surface area contributed by atoms with E-state index < -0.39 is 6.10 Å². The van der Waals surface area contributed by atoms with Crippen LogP contribution < -0.4 is 4.74 Å². The summed E-state index contributed by atoms with van der Waals surface area (Å²) in [5.74, 6) is 0.638. The number of β-amino-alcohol motifs (C(OH)–C–C–N with tert-alkyl or cyclic N) is 1. The molecule has 32 heavy (non-hydrogen) atoms. The molecule has 3 rings (SSSR count). The minimum absolute atomic E-state index is 0.0219. The predicted molar refractivity (Wildman–Crippen MR) is 123 cm³/mol. The Morgan fingerprint density at radius 1 is 1.16 bits per heavy atom. The van der Waals surface area contributed by atoms with Crippen LogP contribution in [-0.4, -0.2) is 116 Å². The number of methoxy groups -OCH3 is 1. The molecule has 0 aromatic heterocycles. The second kappa shape index (κ2) is 11.4. The lowest BCUT2D eigenvalue weighted by Crippen LogP contribution is -2.54. The molecule has 0 radical (unpaired) electrons. The maximum Gasteiger partial charge on any atom is 0.257 e. The molecule has 2 fully saturated rings. The van der Waals surface area contributed by atoms with Gasteiger partial charge in [0.25, 0.3) is 5.91 Å². The zero-order chi connectivity index (χ0) is 23.1. The number of amides is 1. The smallest absolute Gasteiger partial charge is 0.257 e. The van der Waals surface area contributed by atoms with Crippen LogP contribution in [0.3, 0.4) is 0 Å². The third-order valence-electron chi connectivity index (χ3n) is 5.86. The summed E-state index contributed by atoms with van der Waals surface area (Å²) in [6.07, 6.45) is -0.395. The first-order valence-corrected chi connectivity index (χ1v) is 11.6. The van der Waals surface area contributed by atoms with Crippen molar-refractivity contribution >= 4 is 5.91 Å². The summed E-state index contributed by atoms with van der Waals surface area (Å²) in [5, 5.41) is 10.3. The lowest BCUT2D eigenvalue weighted by molar-refractivity contribution is -0.0804. The van der Waals surface area contributed by atoms with Gasteiger partial charge in [-0.3, -0.25) is 14.6 Å². The van der Waals surface area contributed by atoms with Crippen molar-refractivity contribution in [2.45, 2.75) is 38.6 Å². The van der Waals surface area contributed by atoms with Gasteiger partial charge in [0.15, 0.2) is 0 Å². The predicted octanol–water partition coefficient (Wildman–Crippen LogP) is 1.33. The molecule has 180 valence electrons. The lowest BCUT2D eigenvalue weighted by Gasteiger charge is -2.39.